The van der Waals surface area contributed by atoms with Gasteiger partial charge in [0.15, 0.2) is 9.84 Å². The van der Waals surface area contributed by atoms with Crippen LogP contribution in [0.4, 0.5) is 10.5 Å². The number of anilines is 1. The summed E-state index contributed by atoms with van der Waals surface area (Å²) < 4.78 is 24.0. The van der Waals surface area contributed by atoms with Crippen molar-refractivity contribution in [2.24, 2.45) is 5.73 Å². The lowest BCUT2D eigenvalue weighted by molar-refractivity contribution is -0.121. The summed E-state index contributed by atoms with van der Waals surface area (Å²) in [4.78, 5) is 25.0. The molecule has 2 atom stereocenters. The summed E-state index contributed by atoms with van der Waals surface area (Å²) >= 11 is 0. The summed E-state index contributed by atoms with van der Waals surface area (Å²) in [5, 5.41) is 10.2. The molecule has 1 aromatic carbocycles. The van der Waals surface area contributed by atoms with Gasteiger partial charge in [0.2, 0.25) is 5.91 Å². The van der Waals surface area contributed by atoms with E-state index in [-0.39, 0.29) is 5.91 Å². The third-order valence-corrected chi connectivity index (χ3v) is 7.12. The van der Waals surface area contributed by atoms with Crippen LogP contribution in [0.1, 0.15) is 37.7 Å². The first-order chi connectivity index (χ1) is 12.6. The molecule has 2 unspecified atom stereocenters. The highest BCUT2D eigenvalue weighted by molar-refractivity contribution is 7.91. The van der Waals surface area contributed by atoms with Crippen molar-refractivity contribution in [2.45, 2.75) is 48.9 Å². The predicted molar refractivity (Wildman–Crippen MR) is 101 cm³/mol. The van der Waals surface area contributed by atoms with Crippen LogP contribution >= 0.6 is 0 Å². The van der Waals surface area contributed by atoms with E-state index in [0.29, 0.717) is 37.9 Å². The van der Waals surface area contributed by atoms with Gasteiger partial charge in [0.25, 0.3) is 0 Å². The zero-order chi connectivity index (χ0) is 19.8. The van der Waals surface area contributed by atoms with E-state index in [1.807, 2.05) is 12.1 Å². The highest BCUT2D eigenvalue weighted by Gasteiger charge is 2.48. The topological polar surface area (TPSA) is 130 Å². The lowest BCUT2D eigenvalue weighted by Gasteiger charge is -2.46. The molecular weight excluding hydrogens is 370 g/mol. The molecule has 2 amide bonds. The summed E-state index contributed by atoms with van der Waals surface area (Å²) in [6.07, 6.45) is 3.48. The average molecular weight is 395 g/mol. The quantitative estimate of drug-likeness (QED) is 0.687. The van der Waals surface area contributed by atoms with Crippen molar-refractivity contribution >= 4 is 27.5 Å². The van der Waals surface area contributed by atoms with Crippen LogP contribution in [0.3, 0.4) is 0 Å². The molecule has 3 rings (SSSR count). The molecule has 1 aliphatic carbocycles. The van der Waals surface area contributed by atoms with E-state index in [9.17, 15) is 18.0 Å². The van der Waals surface area contributed by atoms with Crippen LogP contribution in [0.25, 0.3) is 0 Å². The molecule has 4 N–H and O–H groups in total. The molecule has 2 fully saturated rings. The van der Waals surface area contributed by atoms with Crippen LogP contribution < -0.4 is 16.0 Å². The first-order valence-electron chi connectivity index (χ1n) is 9.01. The van der Waals surface area contributed by atoms with Crippen molar-refractivity contribution in [3.05, 3.63) is 29.8 Å². The highest BCUT2D eigenvalue weighted by atomic mass is 32.2. The van der Waals surface area contributed by atoms with Crippen molar-refractivity contribution in [3.63, 3.8) is 0 Å². The van der Waals surface area contributed by atoms with Gasteiger partial charge in [-0.1, -0.05) is 18.6 Å². The number of rotatable bonds is 5. The highest BCUT2D eigenvalue weighted by Crippen LogP contribution is 2.47. The number of nitrogens with one attached hydrogen (secondary N) is 1. The minimum absolute atomic E-state index is 0.275. The Labute approximate surface area is 158 Å². The Morgan fingerprint density at radius 2 is 1.93 bits per heavy atom. The fraction of sp³-hybridized carbons (Fsp3) is 0.556. The van der Waals surface area contributed by atoms with E-state index in [1.165, 1.54) is 0 Å². The third-order valence-electron chi connectivity index (χ3n) is 5.74. The zero-order valence-corrected chi connectivity index (χ0v) is 16.0. The minimum Gasteiger partial charge on any atom is -0.465 e. The molecule has 1 aromatic rings. The largest absolute Gasteiger partial charge is 0.465 e. The molecule has 0 aromatic heterocycles. The van der Waals surface area contributed by atoms with E-state index >= 15 is 0 Å². The maximum absolute atomic E-state index is 12.6. The number of carbonyl (C=O) groups is 2. The molecule has 1 heterocycles. The summed E-state index contributed by atoms with van der Waals surface area (Å²) in [6, 6.07) is 6.49. The van der Waals surface area contributed by atoms with Crippen molar-refractivity contribution in [2.75, 3.05) is 17.7 Å². The normalized spacial score (nSPS) is 23.4. The molecular formula is C18H25N3O5S. The van der Waals surface area contributed by atoms with Crippen molar-refractivity contribution in [3.8, 4) is 0 Å². The number of carbonyl (C=O) groups excluding carboxylic acids is 1. The van der Waals surface area contributed by atoms with Crippen LogP contribution in [0, 0.1) is 0 Å². The summed E-state index contributed by atoms with van der Waals surface area (Å²) in [7, 11) is -3.38. The molecule has 2 aliphatic rings. The van der Waals surface area contributed by atoms with Crippen LogP contribution in [-0.4, -0.2) is 49.7 Å². The van der Waals surface area contributed by atoms with Gasteiger partial charge < -0.3 is 21.1 Å². The van der Waals surface area contributed by atoms with E-state index in [4.69, 9.17) is 10.8 Å². The maximum atomic E-state index is 12.6. The predicted octanol–water partition coefficient (Wildman–Crippen LogP) is 1.20. The molecule has 27 heavy (non-hydrogen) atoms. The van der Waals surface area contributed by atoms with Gasteiger partial charge in [-0.25, -0.2) is 13.2 Å². The standard InChI is InChI=1S/C18H25N3O5S/c1-27(25,26)16(19)18(9-3-10-18)12-5-7-13(8-6-12)21-11-2-4-14(15(21)22)20-17(23)24/h5-8,14,16,20H,2-4,9-11,19H2,1H3,(H,23,24). The molecule has 0 radical (unpaired) electrons. The second-order valence-corrected chi connectivity index (χ2v) is 9.61. The second-order valence-electron chi connectivity index (χ2n) is 7.44. The number of piperidine rings is 1. The molecule has 0 bridgehead atoms. The molecule has 8 nitrogen and oxygen atoms in total. The van der Waals surface area contributed by atoms with Crippen LogP contribution in [0.15, 0.2) is 24.3 Å². The van der Waals surface area contributed by atoms with Gasteiger partial charge in [-0.15, -0.1) is 0 Å². The van der Waals surface area contributed by atoms with Crippen molar-refractivity contribution in [1.29, 1.82) is 0 Å². The Kier molecular flexibility index (Phi) is 5.18. The number of sulfone groups is 1. The maximum Gasteiger partial charge on any atom is 0.405 e. The molecule has 0 spiro atoms. The summed E-state index contributed by atoms with van der Waals surface area (Å²) in [6.45, 7) is 0.518. The van der Waals surface area contributed by atoms with Crippen LogP contribution in [-0.2, 0) is 20.0 Å². The number of nitrogens with zero attached hydrogens (tertiary/aromatic N) is 1. The lowest BCUT2D eigenvalue weighted by atomic mass is 9.64. The van der Waals surface area contributed by atoms with Crippen LogP contribution in [0.2, 0.25) is 0 Å². The van der Waals surface area contributed by atoms with Gasteiger partial charge >= 0.3 is 6.09 Å². The Balaban J connectivity index is 1.83. The number of hydrogen-bond donors (Lipinski definition) is 3. The Hall–Kier alpha value is -2.13. The Bertz CT molecular complexity index is 833. The number of nitrogens with two attached hydrogens (primary N) is 1. The number of amides is 2. The summed E-state index contributed by atoms with van der Waals surface area (Å²) in [5.41, 5.74) is 7.03. The number of carboxylic acid groups (broad SMARTS) is 1. The number of benzene rings is 1. The van der Waals surface area contributed by atoms with E-state index in [2.05, 4.69) is 5.32 Å². The Morgan fingerprint density at radius 1 is 1.30 bits per heavy atom. The molecule has 1 saturated heterocycles. The molecule has 148 valence electrons. The van der Waals surface area contributed by atoms with Gasteiger partial charge in [0, 0.05) is 23.9 Å². The fourth-order valence-electron chi connectivity index (χ4n) is 4.09. The monoisotopic (exact) mass is 395 g/mol. The Morgan fingerprint density at radius 3 is 2.41 bits per heavy atom. The van der Waals surface area contributed by atoms with Gasteiger partial charge in [-0.2, -0.15) is 0 Å². The van der Waals surface area contributed by atoms with Gasteiger partial charge in [0.1, 0.15) is 11.4 Å². The molecule has 9 heteroatoms. The molecule has 1 aliphatic heterocycles. The molecule has 1 saturated carbocycles. The average Bonchev–Trinajstić information content (AvgIpc) is 2.55. The lowest BCUT2D eigenvalue weighted by Crippen LogP contribution is -2.54. The second kappa shape index (κ2) is 7.12. The van der Waals surface area contributed by atoms with E-state index in [1.54, 1.807) is 17.0 Å². The van der Waals surface area contributed by atoms with Gasteiger partial charge in [-0.05, 0) is 43.4 Å². The van der Waals surface area contributed by atoms with Crippen LogP contribution in [0.5, 0.6) is 0 Å². The van der Waals surface area contributed by atoms with Gasteiger partial charge in [0.05, 0.1) is 0 Å². The van der Waals surface area contributed by atoms with Gasteiger partial charge in [-0.3, -0.25) is 4.79 Å². The van der Waals surface area contributed by atoms with E-state index < -0.39 is 32.8 Å². The van der Waals surface area contributed by atoms with Crippen molar-refractivity contribution in [1.82, 2.24) is 5.32 Å². The minimum atomic E-state index is -3.38. The summed E-state index contributed by atoms with van der Waals surface area (Å²) in [5.74, 6) is -0.275. The first kappa shape index (κ1) is 19.6. The first-order valence-corrected chi connectivity index (χ1v) is 11.0. The fourth-order valence-corrected chi connectivity index (χ4v) is 5.28. The smallest absolute Gasteiger partial charge is 0.405 e. The zero-order valence-electron chi connectivity index (χ0n) is 15.2. The third kappa shape index (κ3) is 3.66. The number of hydrogen-bond acceptors (Lipinski definition) is 5. The van der Waals surface area contributed by atoms with E-state index in [0.717, 1.165) is 18.2 Å². The SMILES string of the molecule is CS(=O)(=O)C(N)C1(c2ccc(N3CCCC(NC(=O)O)C3=O)cc2)CCC1. The van der Waals surface area contributed by atoms with Crippen molar-refractivity contribution < 1.29 is 23.1 Å².